The van der Waals surface area contributed by atoms with Crippen LogP contribution in [0.25, 0.3) is 0 Å². The average Bonchev–Trinajstić information content (AvgIpc) is 3.60. The van der Waals surface area contributed by atoms with Gasteiger partial charge in [0.15, 0.2) is 0 Å². The van der Waals surface area contributed by atoms with Gasteiger partial charge in [-0.15, -0.1) is 13.2 Å². The lowest BCUT2D eigenvalue weighted by atomic mass is 9.64. The second-order valence-corrected chi connectivity index (χ2v) is 14.1. The third kappa shape index (κ3) is 5.94. The van der Waals surface area contributed by atoms with E-state index in [1.807, 2.05) is 72.7 Å². The van der Waals surface area contributed by atoms with Crippen LogP contribution in [0.3, 0.4) is 0 Å². The van der Waals surface area contributed by atoms with Crippen molar-refractivity contribution in [3.63, 3.8) is 0 Å². The van der Waals surface area contributed by atoms with Crippen molar-refractivity contribution in [2.75, 3.05) is 31.2 Å². The third-order valence-corrected chi connectivity index (χ3v) is 9.89. The normalized spacial score (nSPS) is 27.8. The fourth-order valence-electron chi connectivity index (χ4n) is 8.00. The number of rotatable bonds is 14. The Kier molecular flexibility index (Phi) is 10.2. The highest BCUT2D eigenvalue weighted by atomic mass is 16.5. The first kappa shape index (κ1) is 34.7. The quantitative estimate of drug-likeness (QED) is 0.294. The van der Waals surface area contributed by atoms with Gasteiger partial charge in [-0.3, -0.25) is 14.4 Å². The van der Waals surface area contributed by atoms with Gasteiger partial charge in [0, 0.05) is 24.3 Å². The summed E-state index contributed by atoms with van der Waals surface area (Å²) in [5, 5.41) is 10.7. The average molecular weight is 624 g/mol. The van der Waals surface area contributed by atoms with Crippen molar-refractivity contribution in [3.05, 3.63) is 49.6 Å². The van der Waals surface area contributed by atoms with E-state index in [-0.39, 0.29) is 36.8 Å². The van der Waals surface area contributed by atoms with Crippen molar-refractivity contribution >= 4 is 23.4 Å². The molecule has 9 heteroatoms. The van der Waals surface area contributed by atoms with E-state index in [1.165, 1.54) is 0 Å². The summed E-state index contributed by atoms with van der Waals surface area (Å²) >= 11 is 0. The summed E-state index contributed by atoms with van der Waals surface area (Å²) < 4.78 is 12.6. The smallest absolute Gasteiger partial charge is 0.249 e. The summed E-state index contributed by atoms with van der Waals surface area (Å²) in [6.45, 7) is 22.4. The summed E-state index contributed by atoms with van der Waals surface area (Å²) in [4.78, 5) is 49.4. The van der Waals surface area contributed by atoms with Gasteiger partial charge < -0.3 is 29.3 Å². The Morgan fingerprint density at radius 2 is 1.76 bits per heavy atom. The van der Waals surface area contributed by atoms with Crippen LogP contribution in [0.5, 0.6) is 5.75 Å². The van der Waals surface area contributed by atoms with E-state index in [2.05, 4.69) is 13.2 Å². The summed E-state index contributed by atoms with van der Waals surface area (Å²) in [6.07, 6.45) is 5.42. The van der Waals surface area contributed by atoms with Crippen LogP contribution in [0.15, 0.2) is 49.6 Å². The largest absolute Gasteiger partial charge is 0.494 e. The number of aliphatic hydroxyl groups is 1. The van der Waals surface area contributed by atoms with E-state index >= 15 is 0 Å². The van der Waals surface area contributed by atoms with Crippen molar-refractivity contribution in [1.29, 1.82) is 0 Å². The molecule has 1 aromatic carbocycles. The highest BCUT2D eigenvalue weighted by Crippen LogP contribution is 2.65. The Labute approximate surface area is 269 Å². The highest BCUT2D eigenvalue weighted by molar-refractivity contribution is 6.03. The van der Waals surface area contributed by atoms with E-state index in [1.54, 1.807) is 26.9 Å². The molecule has 1 aromatic rings. The molecule has 3 amide bonds. The van der Waals surface area contributed by atoms with Gasteiger partial charge in [0.1, 0.15) is 17.4 Å². The molecule has 1 N–H and O–H groups in total. The molecule has 3 saturated heterocycles. The van der Waals surface area contributed by atoms with E-state index < -0.39 is 40.7 Å². The van der Waals surface area contributed by atoms with Crippen LogP contribution in [0.4, 0.5) is 5.69 Å². The number of hydrogen-bond donors (Lipinski definition) is 1. The summed E-state index contributed by atoms with van der Waals surface area (Å²) in [5.74, 6) is -1.57. The molecule has 3 aliphatic rings. The monoisotopic (exact) mass is 623 g/mol. The molecule has 2 bridgehead atoms. The standard InChI is InChI=1S/C36H53N3O6/c1-10-20-37(25-14-16-27(17-15-25)44-13-4)31(41)28-29-32(42)39(26(23-40)22-24(5)6)30(33(43)38(21-11-2)34(7,8)9)36(29)19-18-35(28,12-3)45-36/h10-11,14-17,24,26,28-30,40H,1-2,12-13,18-23H2,3-9H3/t26-,28+,29+,30?,35-,36?/m1/s1. The molecule has 0 aromatic heterocycles. The Hall–Kier alpha value is -3.17. The van der Waals surface area contributed by atoms with Crippen LogP contribution in [0.2, 0.25) is 0 Å². The van der Waals surface area contributed by atoms with Crippen LogP contribution >= 0.6 is 0 Å². The van der Waals surface area contributed by atoms with Gasteiger partial charge in [0.05, 0.1) is 36.7 Å². The molecule has 6 atom stereocenters. The number of ether oxygens (including phenoxy) is 2. The molecule has 248 valence electrons. The predicted molar refractivity (Wildman–Crippen MR) is 176 cm³/mol. The topological polar surface area (TPSA) is 99.6 Å². The first-order valence-electron chi connectivity index (χ1n) is 16.5. The minimum Gasteiger partial charge on any atom is -0.494 e. The maximum absolute atomic E-state index is 14.8. The second-order valence-electron chi connectivity index (χ2n) is 14.1. The summed E-state index contributed by atoms with van der Waals surface area (Å²) in [5.41, 5.74) is -1.99. The van der Waals surface area contributed by atoms with E-state index in [4.69, 9.17) is 9.47 Å². The highest BCUT2D eigenvalue weighted by Gasteiger charge is 2.79. The Balaban J connectivity index is 1.87. The van der Waals surface area contributed by atoms with Gasteiger partial charge in [0.2, 0.25) is 17.7 Å². The zero-order chi connectivity index (χ0) is 33.3. The minimum absolute atomic E-state index is 0.162. The van der Waals surface area contributed by atoms with Crippen molar-refractivity contribution in [3.8, 4) is 5.75 Å². The Morgan fingerprint density at radius 1 is 1.11 bits per heavy atom. The molecular weight excluding hydrogens is 570 g/mol. The van der Waals surface area contributed by atoms with Gasteiger partial charge in [-0.25, -0.2) is 0 Å². The fraction of sp³-hybridized carbons (Fsp3) is 0.639. The van der Waals surface area contributed by atoms with E-state index in [0.29, 0.717) is 50.3 Å². The van der Waals surface area contributed by atoms with Crippen LogP contribution in [0.1, 0.15) is 74.1 Å². The summed E-state index contributed by atoms with van der Waals surface area (Å²) in [6, 6.07) is 5.76. The molecule has 4 rings (SSSR count). The maximum Gasteiger partial charge on any atom is 0.249 e. The molecule has 3 heterocycles. The molecule has 45 heavy (non-hydrogen) atoms. The van der Waals surface area contributed by atoms with Gasteiger partial charge in [-0.2, -0.15) is 0 Å². The molecule has 0 radical (unpaired) electrons. The van der Waals surface area contributed by atoms with Gasteiger partial charge in [-0.05, 0) is 83.6 Å². The first-order chi connectivity index (χ1) is 21.3. The van der Waals surface area contributed by atoms with Crippen LogP contribution in [0, 0.1) is 17.8 Å². The number of hydrogen-bond acceptors (Lipinski definition) is 6. The molecule has 3 aliphatic heterocycles. The SMILES string of the molecule is C=CCN(C(=O)[C@@H]1[C@H]2C(=O)N([C@@H](CO)CC(C)C)C(C(=O)N(CC=C)C(C)(C)C)C23CC[C@@]1(CC)O3)c1ccc(OCC)cc1. The van der Waals surface area contributed by atoms with Gasteiger partial charge >= 0.3 is 0 Å². The van der Waals surface area contributed by atoms with Crippen LogP contribution in [-0.2, 0) is 19.1 Å². The number of fused-ring (bicyclic) bond motifs is 1. The van der Waals surface area contributed by atoms with Crippen molar-refractivity contribution in [1.82, 2.24) is 9.80 Å². The first-order valence-corrected chi connectivity index (χ1v) is 16.5. The zero-order valence-corrected chi connectivity index (χ0v) is 28.3. The van der Waals surface area contributed by atoms with Crippen LogP contribution in [-0.4, -0.2) is 87.8 Å². The van der Waals surface area contributed by atoms with Crippen molar-refractivity contribution < 1.29 is 29.0 Å². The lowest BCUT2D eigenvalue weighted by Gasteiger charge is -2.43. The fourth-order valence-corrected chi connectivity index (χ4v) is 8.00. The molecule has 1 spiro atoms. The van der Waals surface area contributed by atoms with Crippen molar-refractivity contribution in [2.24, 2.45) is 17.8 Å². The number of carbonyl (C=O) groups excluding carboxylic acids is 3. The van der Waals surface area contributed by atoms with Crippen LogP contribution < -0.4 is 9.64 Å². The number of anilines is 1. The number of aliphatic hydroxyl groups excluding tert-OH is 1. The minimum atomic E-state index is -1.20. The predicted octanol–water partition coefficient (Wildman–Crippen LogP) is 4.98. The molecule has 0 aliphatic carbocycles. The van der Waals surface area contributed by atoms with E-state index in [9.17, 15) is 19.5 Å². The Bertz CT molecular complexity index is 1270. The number of amides is 3. The molecule has 9 nitrogen and oxygen atoms in total. The van der Waals surface area contributed by atoms with Gasteiger partial charge in [-0.1, -0.05) is 32.9 Å². The molecule has 0 saturated carbocycles. The molecule has 2 unspecified atom stereocenters. The lowest BCUT2D eigenvalue weighted by molar-refractivity contribution is -0.159. The number of nitrogens with zero attached hydrogens (tertiary/aromatic N) is 3. The zero-order valence-electron chi connectivity index (χ0n) is 28.3. The number of benzene rings is 1. The number of carbonyl (C=O) groups is 3. The third-order valence-electron chi connectivity index (χ3n) is 9.89. The second kappa shape index (κ2) is 13.3. The van der Waals surface area contributed by atoms with E-state index in [0.717, 1.165) is 0 Å². The number of likely N-dealkylation sites (tertiary alicyclic amines) is 1. The lowest BCUT2D eigenvalue weighted by Crippen LogP contribution is -2.61. The Morgan fingerprint density at radius 3 is 2.27 bits per heavy atom. The molecule has 3 fully saturated rings. The molecular formula is C36H53N3O6. The maximum atomic E-state index is 14.8. The van der Waals surface area contributed by atoms with Crippen molar-refractivity contribution in [2.45, 2.75) is 103 Å². The van der Waals surface area contributed by atoms with Gasteiger partial charge in [0.25, 0.3) is 0 Å². The summed E-state index contributed by atoms with van der Waals surface area (Å²) in [7, 11) is 0.